The predicted molar refractivity (Wildman–Crippen MR) is 116 cm³/mol. The highest BCUT2D eigenvalue weighted by Crippen LogP contribution is 2.28. The summed E-state index contributed by atoms with van der Waals surface area (Å²) in [5.41, 5.74) is 9.10. The molecule has 0 fully saturated rings. The second-order valence-electron chi connectivity index (χ2n) is 6.75. The monoisotopic (exact) mass is 376 g/mol. The number of nitrogens with zero attached hydrogens (tertiary/aromatic N) is 3. The maximum Gasteiger partial charge on any atom is 0.203 e. The summed E-state index contributed by atoms with van der Waals surface area (Å²) in [7, 11) is 0. The van der Waals surface area contributed by atoms with E-state index >= 15 is 0 Å². The van der Waals surface area contributed by atoms with Gasteiger partial charge in [0.15, 0.2) is 0 Å². The van der Waals surface area contributed by atoms with Crippen LogP contribution in [0.2, 0.25) is 0 Å². The summed E-state index contributed by atoms with van der Waals surface area (Å²) >= 11 is 1.57. The van der Waals surface area contributed by atoms with Crippen molar-refractivity contribution in [2.75, 3.05) is 23.4 Å². The minimum Gasteiger partial charge on any atom is -0.371 e. The number of anilines is 2. The third kappa shape index (κ3) is 4.19. The molecule has 1 N–H and O–H groups in total. The number of rotatable bonds is 6. The smallest absolute Gasteiger partial charge is 0.203 e. The van der Waals surface area contributed by atoms with E-state index in [1.165, 1.54) is 30.6 Å². The molecule has 0 unspecified atom stereocenters. The molecule has 1 aliphatic heterocycles. The van der Waals surface area contributed by atoms with Gasteiger partial charge in [-0.15, -0.1) is 11.3 Å². The molecule has 1 aromatic heterocycles. The summed E-state index contributed by atoms with van der Waals surface area (Å²) < 4.78 is 0. The molecule has 4 rings (SSSR count). The van der Waals surface area contributed by atoms with Crippen LogP contribution in [0.3, 0.4) is 0 Å². The summed E-state index contributed by atoms with van der Waals surface area (Å²) in [5.74, 6) is 0. The van der Waals surface area contributed by atoms with Crippen molar-refractivity contribution in [2.24, 2.45) is 5.10 Å². The second kappa shape index (κ2) is 8.35. The molecule has 2 aromatic carbocycles. The highest BCUT2D eigenvalue weighted by atomic mass is 32.1. The quantitative estimate of drug-likeness (QED) is 0.461. The third-order valence-electron chi connectivity index (χ3n) is 4.76. The topological polar surface area (TPSA) is 40.5 Å². The van der Waals surface area contributed by atoms with Gasteiger partial charge >= 0.3 is 0 Å². The first kappa shape index (κ1) is 17.7. The third-order valence-corrected chi connectivity index (χ3v) is 5.51. The van der Waals surface area contributed by atoms with E-state index in [9.17, 15) is 0 Å². The average Bonchev–Trinajstić information content (AvgIpc) is 3.18. The average molecular weight is 377 g/mol. The van der Waals surface area contributed by atoms with Gasteiger partial charge in [-0.25, -0.2) is 4.98 Å². The number of nitrogens with one attached hydrogen (secondary N) is 1. The summed E-state index contributed by atoms with van der Waals surface area (Å²) in [4.78, 5) is 7.10. The number of fused-ring (bicyclic) bond motifs is 1. The fourth-order valence-electron chi connectivity index (χ4n) is 3.51. The zero-order valence-electron chi connectivity index (χ0n) is 15.6. The Morgan fingerprint density at radius 3 is 2.96 bits per heavy atom. The van der Waals surface area contributed by atoms with E-state index < -0.39 is 0 Å². The van der Waals surface area contributed by atoms with Crippen LogP contribution in [0.15, 0.2) is 59.0 Å². The maximum absolute atomic E-state index is 4.60. The van der Waals surface area contributed by atoms with Crippen LogP contribution in [0.25, 0.3) is 11.3 Å². The first-order valence-electron chi connectivity index (χ1n) is 9.51. The number of hydrogen-bond acceptors (Lipinski definition) is 5. The van der Waals surface area contributed by atoms with Crippen LogP contribution in [0.5, 0.6) is 0 Å². The van der Waals surface area contributed by atoms with Gasteiger partial charge in [0.05, 0.1) is 11.9 Å². The van der Waals surface area contributed by atoms with E-state index in [-0.39, 0.29) is 0 Å². The van der Waals surface area contributed by atoms with Crippen molar-refractivity contribution >= 4 is 28.4 Å². The molecular formula is C22H24N4S. The van der Waals surface area contributed by atoms with Crippen LogP contribution in [0, 0.1) is 0 Å². The van der Waals surface area contributed by atoms with Crippen LogP contribution in [0.1, 0.15) is 30.9 Å². The Morgan fingerprint density at radius 1 is 1.22 bits per heavy atom. The van der Waals surface area contributed by atoms with Crippen LogP contribution < -0.4 is 10.3 Å². The van der Waals surface area contributed by atoms with Gasteiger partial charge in [0.1, 0.15) is 0 Å². The molecule has 3 aromatic rings. The van der Waals surface area contributed by atoms with E-state index in [2.05, 4.69) is 57.7 Å². The van der Waals surface area contributed by atoms with Gasteiger partial charge < -0.3 is 4.90 Å². The molecule has 27 heavy (non-hydrogen) atoms. The second-order valence-corrected chi connectivity index (χ2v) is 7.61. The molecule has 0 aliphatic carbocycles. The van der Waals surface area contributed by atoms with Crippen molar-refractivity contribution in [3.8, 4) is 11.3 Å². The highest BCUT2D eigenvalue weighted by molar-refractivity contribution is 7.14. The Morgan fingerprint density at radius 2 is 2.11 bits per heavy atom. The SMILES string of the molecule is CCCN1CCCc2cc(C=NNc3nc(-c4ccccc4)cs3)ccc21. The molecular weight excluding hydrogens is 352 g/mol. The number of benzene rings is 2. The minimum absolute atomic E-state index is 0.803. The first-order valence-corrected chi connectivity index (χ1v) is 10.4. The molecule has 1 aliphatic rings. The van der Waals surface area contributed by atoms with Crippen LogP contribution >= 0.6 is 11.3 Å². The maximum atomic E-state index is 4.60. The number of aromatic nitrogens is 1. The Balaban J connectivity index is 1.43. The fraction of sp³-hybridized carbons (Fsp3) is 0.273. The largest absolute Gasteiger partial charge is 0.371 e. The van der Waals surface area contributed by atoms with Gasteiger partial charge in [-0.3, -0.25) is 5.43 Å². The lowest BCUT2D eigenvalue weighted by molar-refractivity contribution is 0.681. The predicted octanol–water partition coefficient (Wildman–Crippen LogP) is 5.42. The van der Waals surface area contributed by atoms with E-state index in [0.29, 0.717) is 0 Å². The minimum atomic E-state index is 0.803. The van der Waals surface area contributed by atoms with Gasteiger partial charge in [0.2, 0.25) is 5.13 Å². The van der Waals surface area contributed by atoms with Crippen LogP contribution in [0.4, 0.5) is 10.8 Å². The summed E-state index contributed by atoms with van der Waals surface area (Å²) in [6.07, 6.45) is 5.44. The molecule has 0 spiro atoms. The van der Waals surface area contributed by atoms with Gasteiger partial charge in [-0.1, -0.05) is 43.3 Å². The fourth-order valence-corrected chi connectivity index (χ4v) is 4.17. The summed E-state index contributed by atoms with van der Waals surface area (Å²) in [6.45, 7) is 4.54. The molecule has 4 nitrogen and oxygen atoms in total. The molecule has 0 saturated heterocycles. The van der Waals surface area contributed by atoms with Crippen molar-refractivity contribution in [3.63, 3.8) is 0 Å². The summed E-state index contributed by atoms with van der Waals surface area (Å²) in [6, 6.07) is 16.8. The van der Waals surface area contributed by atoms with Gasteiger partial charge in [-0.2, -0.15) is 5.10 Å². The number of hydrogen-bond donors (Lipinski definition) is 1. The van der Waals surface area contributed by atoms with Crippen molar-refractivity contribution in [2.45, 2.75) is 26.2 Å². The molecule has 0 atom stereocenters. The Bertz CT molecular complexity index is 917. The van der Waals surface area contributed by atoms with E-state index in [1.54, 1.807) is 11.3 Å². The number of hydrazone groups is 1. The van der Waals surface area contributed by atoms with Crippen LogP contribution in [-0.2, 0) is 6.42 Å². The molecule has 138 valence electrons. The molecule has 0 saturated carbocycles. The Hall–Kier alpha value is -2.66. The standard InChI is InChI=1S/C22H24N4S/c1-2-12-26-13-6-9-19-14-17(10-11-21(19)26)15-23-25-22-24-20(16-27-22)18-7-4-3-5-8-18/h3-5,7-8,10-11,14-16H,2,6,9,12-13H2,1H3,(H,24,25). The lowest BCUT2D eigenvalue weighted by atomic mass is 9.99. The summed E-state index contributed by atoms with van der Waals surface area (Å²) in [5, 5.41) is 7.24. The molecule has 0 radical (unpaired) electrons. The molecule has 0 amide bonds. The Kier molecular flexibility index (Phi) is 5.49. The van der Waals surface area contributed by atoms with Gasteiger partial charge in [0, 0.05) is 29.7 Å². The van der Waals surface area contributed by atoms with E-state index in [4.69, 9.17) is 0 Å². The zero-order valence-corrected chi connectivity index (χ0v) is 16.4. The first-order chi connectivity index (χ1) is 13.3. The lowest BCUT2D eigenvalue weighted by Gasteiger charge is -2.31. The van der Waals surface area contributed by atoms with Gasteiger partial charge in [-0.05, 0) is 42.5 Å². The number of thiazole rings is 1. The normalized spacial score (nSPS) is 13.7. The molecule has 2 heterocycles. The lowest BCUT2D eigenvalue weighted by Crippen LogP contribution is -2.30. The molecule has 5 heteroatoms. The zero-order chi connectivity index (χ0) is 18.5. The van der Waals surface area contributed by atoms with Crippen LogP contribution in [-0.4, -0.2) is 24.3 Å². The van der Waals surface area contributed by atoms with Gasteiger partial charge in [0.25, 0.3) is 0 Å². The van der Waals surface area contributed by atoms with Crippen molar-refractivity contribution in [1.82, 2.24) is 4.98 Å². The van der Waals surface area contributed by atoms with E-state index in [1.807, 2.05) is 29.8 Å². The van der Waals surface area contributed by atoms with Crippen molar-refractivity contribution < 1.29 is 0 Å². The Labute approximate surface area is 164 Å². The van der Waals surface area contributed by atoms with E-state index in [0.717, 1.165) is 34.9 Å². The number of aryl methyl sites for hydroxylation is 1. The van der Waals surface area contributed by atoms with Crippen molar-refractivity contribution in [1.29, 1.82) is 0 Å². The highest BCUT2D eigenvalue weighted by Gasteiger charge is 2.15. The van der Waals surface area contributed by atoms with Crippen molar-refractivity contribution in [3.05, 3.63) is 65.0 Å². The molecule has 0 bridgehead atoms.